The number of rotatable bonds is 7. The molecule has 0 unspecified atom stereocenters. The number of anilines is 2. The molecule has 9 heteroatoms. The van der Waals surface area contributed by atoms with Crippen LogP contribution in [-0.2, 0) is 7.05 Å². The van der Waals surface area contributed by atoms with Crippen molar-refractivity contribution in [3.8, 4) is 11.5 Å². The standard InChI is InChI=1S/C24H22FIN4O3/c1-13-21(33-17-6-4-5-16(12-17)27-2)20(23(31)28-15-8-9-15)22(30(3)24(13)32)29-19-10-7-14(26)11-18(19)25/h4-7,10-12,15,29H,2,8-9H2,1,3H3,(H,28,31). The van der Waals surface area contributed by atoms with E-state index in [0.717, 1.165) is 16.4 Å². The van der Waals surface area contributed by atoms with Crippen LogP contribution in [0, 0.1) is 16.3 Å². The second-order valence-corrected chi connectivity index (χ2v) is 9.04. The summed E-state index contributed by atoms with van der Waals surface area (Å²) in [6.07, 6.45) is 1.77. The van der Waals surface area contributed by atoms with Gasteiger partial charge >= 0.3 is 0 Å². The van der Waals surface area contributed by atoms with Crippen LogP contribution in [0.25, 0.3) is 0 Å². The zero-order valence-electron chi connectivity index (χ0n) is 18.1. The average molecular weight is 560 g/mol. The lowest BCUT2D eigenvalue weighted by atomic mass is 10.1. The molecule has 2 N–H and O–H groups in total. The fourth-order valence-electron chi connectivity index (χ4n) is 3.36. The van der Waals surface area contributed by atoms with Crippen LogP contribution in [0.5, 0.6) is 11.5 Å². The van der Waals surface area contributed by atoms with Gasteiger partial charge in [0.05, 0.1) is 16.9 Å². The number of pyridine rings is 1. The molecule has 4 rings (SSSR count). The molecular weight excluding hydrogens is 538 g/mol. The minimum absolute atomic E-state index is 0.0686. The summed E-state index contributed by atoms with van der Waals surface area (Å²) in [5.41, 5.74) is 0.718. The Kier molecular flexibility index (Phi) is 6.50. The van der Waals surface area contributed by atoms with Gasteiger partial charge in [-0.1, -0.05) is 6.07 Å². The quantitative estimate of drug-likeness (QED) is 0.308. The van der Waals surface area contributed by atoms with Crippen LogP contribution in [0.1, 0.15) is 28.8 Å². The summed E-state index contributed by atoms with van der Waals surface area (Å²) in [5.74, 6) is -0.279. The highest BCUT2D eigenvalue weighted by molar-refractivity contribution is 14.1. The van der Waals surface area contributed by atoms with E-state index in [4.69, 9.17) is 4.74 Å². The first kappa shape index (κ1) is 23.0. The first-order valence-corrected chi connectivity index (χ1v) is 11.4. The third kappa shape index (κ3) is 4.92. The lowest BCUT2D eigenvalue weighted by molar-refractivity contribution is 0.0949. The van der Waals surface area contributed by atoms with Gasteiger partial charge in [0.15, 0.2) is 5.75 Å². The normalized spacial score (nSPS) is 12.8. The topological polar surface area (TPSA) is 84.7 Å². The van der Waals surface area contributed by atoms with Gasteiger partial charge in [-0.2, -0.15) is 0 Å². The Hall–Kier alpha value is -3.21. The number of hydrogen-bond acceptors (Lipinski definition) is 5. The Morgan fingerprint density at radius 1 is 1.27 bits per heavy atom. The van der Waals surface area contributed by atoms with E-state index in [1.165, 1.54) is 17.7 Å². The molecule has 1 aliphatic carbocycles. The zero-order chi connectivity index (χ0) is 23.7. The van der Waals surface area contributed by atoms with Crippen molar-refractivity contribution in [2.75, 3.05) is 5.32 Å². The molecule has 1 heterocycles. The first-order chi connectivity index (χ1) is 15.8. The second-order valence-electron chi connectivity index (χ2n) is 7.80. The van der Waals surface area contributed by atoms with Gasteiger partial charge in [-0.05, 0) is 79.4 Å². The molecule has 1 aromatic heterocycles. The van der Waals surface area contributed by atoms with Gasteiger partial charge in [0.1, 0.15) is 22.9 Å². The average Bonchev–Trinajstić information content (AvgIpc) is 3.61. The van der Waals surface area contributed by atoms with Crippen LogP contribution < -0.4 is 20.9 Å². The van der Waals surface area contributed by atoms with E-state index in [1.54, 1.807) is 43.3 Å². The molecular formula is C24H22FIN4O3. The molecule has 1 saturated carbocycles. The van der Waals surface area contributed by atoms with Crippen LogP contribution in [0.15, 0.2) is 52.3 Å². The number of carbonyl (C=O) groups is 1. The van der Waals surface area contributed by atoms with Crippen molar-refractivity contribution >= 4 is 52.4 Å². The van der Waals surface area contributed by atoms with Crippen molar-refractivity contribution in [2.45, 2.75) is 25.8 Å². The highest BCUT2D eigenvalue weighted by Gasteiger charge is 2.30. The third-order valence-corrected chi connectivity index (χ3v) is 5.98. The maximum absolute atomic E-state index is 14.6. The van der Waals surface area contributed by atoms with Gasteiger partial charge in [-0.3, -0.25) is 19.1 Å². The Morgan fingerprint density at radius 3 is 2.70 bits per heavy atom. The molecule has 0 saturated heterocycles. The molecule has 0 radical (unpaired) electrons. The summed E-state index contributed by atoms with van der Waals surface area (Å²) in [6, 6.07) is 11.6. The summed E-state index contributed by atoms with van der Waals surface area (Å²) in [7, 11) is 1.53. The van der Waals surface area contributed by atoms with Crippen molar-refractivity contribution < 1.29 is 13.9 Å². The number of nitrogens with zero attached hydrogens (tertiary/aromatic N) is 2. The molecule has 3 aromatic rings. The predicted octanol–water partition coefficient (Wildman–Crippen LogP) is 5.20. The van der Waals surface area contributed by atoms with Gasteiger partial charge in [0.2, 0.25) is 0 Å². The maximum atomic E-state index is 14.6. The Bertz CT molecular complexity index is 1320. The lowest BCUT2D eigenvalue weighted by Gasteiger charge is -2.21. The van der Waals surface area contributed by atoms with Gasteiger partial charge in [-0.15, -0.1) is 0 Å². The molecule has 1 aliphatic rings. The number of ether oxygens (including phenoxy) is 1. The van der Waals surface area contributed by atoms with Crippen molar-refractivity contribution in [1.82, 2.24) is 9.88 Å². The summed E-state index contributed by atoms with van der Waals surface area (Å²) in [5, 5.41) is 5.89. The van der Waals surface area contributed by atoms with Crippen molar-refractivity contribution in [3.05, 3.63) is 73.3 Å². The molecule has 170 valence electrons. The van der Waals surface area contributed by atoms with Crippen LogP contribution in [-0.4, -0.2) is 23.2 Å². The number of nitrogens with one attached hydrogen (secondary N) is 2. The molecule has 0 spiro atoms. The Labute approximate surface area is 203 Å². The molecule has 0 atom stereocenters. The van der Waals surface area contributed by atoms with Crippen LogP contribution >= 0.6 is 22.6 Å². The summed E-state index contributed by atoms with van der Waals surface area (Å²) in [6.45, 7) is 5.11. The molecule has 1 amide bonds. The van der Waals surface area contributed by atoms with E-state index in [9.17, 15) is 14.0 Å². The van der Waals surface area contributed by atoms with E-state index in [0.29, 0.717) is 11.4 Å². The van der Waals surface area contributed by atoms with E-state index in [-0.39, 0.29) is 40.0 Å². The molecule has 0 bridgehead atoms. The molecule has 33 heavy (non-hydrogen) atoms. The number of aromatic nitrogens is 1. The maximum Gasteiger partial charge on any atom is 0.259 e. The van der Waals surface area contributed by atoms with Crippen molar-refractivity contribution in [3.63, 3.8) is 0 Å². The van der Waals surface area contributed by atoms with Crippen LogP contribution in [0.3, 0.4) is 0 Å². The number of benzene rings is 2. The molecule has 7 nitrogen and oxygen atoms in total. The van der Waals surface area contributed by atoms with Gasteiger partial charge in [0, 0.05) is 22.7 Å². The van der Waals surface area contributed by atoms with Crippen molar-refractivity contribution in [1.29, 1.82) is 0 Å². The smallest absolute Gasteiger partial charge is 0.259 e. The summed E-state index contributed by atoms with van der Waals surface area (Å²) >= 11 is 2.01. The number of halogens is 2. The van der Waals surface area contributed by atoms with Gasteiger partial charge in [0.25, 0.3) is 11.5 Å². The zero-order valence-corrected chi connectivity index (χ0v) is 20.3. The first-order valence-electron chi connectivity index (χ1n) is 10.3. The lowest BCUT2D eigenvalue weighted by Crippen LogP contribution is -2.31. The summed E-state index contributed by atoms with van der Waals surface area (Å²) < 4.78 is 22.7. The minimum Gasteiger partial charge on any atom is -0.456 e. The molecule has 0 aliphatic heterocycles. The fraction of sp³-hybridized carbons (Fsp3) is 0.208. The van der Waals surface area contributed by atoms with Crippen LogP contribution in [0.4, 0.5) is 21.6 Å². The fourth-order valence-corrected chi connectivity index (χ4v) is 3.82. The van der Waals surface area contributed by atoms with E-state index in [2.05, 4.69) is 22.3 Å². The second kappa shape index (κ2) is 9.34. The minimum atomic E-state index is -0.504. The van der Waals surface area contributed by atoms with Gasteiger partial charge < -0.3 is 15.4 Å². The SMILES string of the molecule is C=Nc1cccc(Oc2c(C(=O)NC3CC3)c(Nc3ccc(I)cc3F)n(C)c(=O)c2C)c1. The predicted molar refractivity (Wildman–Crippen MR) is 135 cm³/mol. The highest BCUT2D eigenvalue weighted by atomic mass is 127. The van der Waals surface area contributed by atoms with Crippen LogP contribution in [0.2, 0.25) is 0 Å². The number of hydrogen-bond donors (Lipinski definition) is 2. The number of aliphatic imine (C=N–C) groups is 1. The highest BCUT2D eigenvalue weighted by Crippen LogP contribution is 2.35. The largest absolute Gasteiger partial charge is 0.456 e. The van der Waals surface area contributed by atoms with E-state index in [1.807, 2.05) is 22.6 Å². The summed E-state index contributed by atoms with van der Waals surface area (Å²) in [4.78, 5) is 30.3. The number of carbonyl (C=O) groups excluding carboxylic acids is 1. The Morgan fingerprint density at radius 2 is 2.03 bits per heavy atom. The van der Waals surface area contributed by atoms with E-state index >= 15 is 0 Å². The third-order valence-electron chi connectivity index (χ3n) is 5.31. The Balaban J connectivity index is 1.89. The van der Waals surface area contributed by atoms with Crippen molar-refractivity contribution in [2.24, 2.45) is 12.0 Å². The monoisotopic (exact) mass is 560 g/mol. The number of amides is 1. The van der Waals surface area contributed by atoms with E-state index < -0.39 is 11.7 Å². The molecule has 1 fully saturated rings. The molecule has 2 aromatic carbocycles. The van der Waals surface area contributed by atoms with Gasteiger partial charge in [-0.25, -0.2) is 4.39 Å².